The molecule has 2 aromatic heterocycles. The second-order valence-electron chi connectivity index (χ2n) is 7.48. The number of halogens is 4. The van der Waals surface area contributed by atoms with Gasteiger partial charge in [-0.1, -0.05) is 0 Å². The molecule has 2 aromatic rings. The highest BCUT2D eigenvalue weighted by Crippen LogP contribution is 2.40. The summed E-state index contributed by atoms with van der Waals surface area (Å²) in [5.74, 6) is -1.01. The molecule has 0 radical (unpaired) electrons. The van der Waals surface area contributed by atoms with Crippen LogP contribution in [-0.4, -0.2) is 52.6 Å². The van der Waals surface area contributed by atoms with Crippen molar-refractivity contribution in [2.24, 2.45) is 5.92 Å². The quantitative estimate of drug-likeness (QED) is 0.675. The number of amides is 2. The van der Waals surface area contributed by atoms with Crippen molar-refractivity contribution in [2.45, 2.75) is 42.9 Å². The topological polar surface area (TPSA) is 108 Å². The SMILES string of the molecule is Cc1cc(NC(=O)N2CCC([C@](C)(F)S(=O)(=O)c3cc(C(F)(F)F)n[nH]3)CC2)ccn1. The number of carbonyl (C=O) groups is 1. The van der Waals surface area contributed by atoms with Gasteiger partial charge < -0.3 is 10.2 Å². The van der Waals surface area contributed by atoms with E-state index in [1.807, 2.05) is 0 Å². The van der Waals surface area contributed by atoms with Crippen LogP contribution in [0.1, 0.15) is 31.2 Å². The van der Waals surface area contributed by atoms with Crippen molar-refractivity contribution in [3.63, 3.8) is 0 Å². The molecule has 8 nitrogen and oxygen atoms in total. The predicted octanol–water partition coefficient (Wildman–Crippen LogP) is 3.54. The molecule has 0 bridgehead atoms. The number of aromatic nitrogens is 3. The lowest BCUT2D eigenvalue weighted by Crippen LogP contribution is -2.48. The average molecular weight is 463 g/mol. The van der Waals surface area contributed by atoms with Gasteiger partial charge in [0.2, 0.25) is 14.8 Å². The summed E-state index contributed by atoms with van der Waals surface area (Å²) in [4.78, 5) is 17.9. The number of pyridine rings is 1. The Morgan fingerprint density at radius 2 is 1.87 bits per heavy atom. The van der Waals surface area contributed by atoms with Gasteiger partial charge in [0.05, 0.1) is 0 Å². The number of rotatable bonds is 4. The number of nitrogens with one attached hydrogen (secondary N) is 2. The van der Waals surface area contributed by atoms with Crippen LogP contribution in [0.15, 0.2) is 29.4 Å². The van der Waals surface area contributed by atoms with Gasteiger partial charge in [-0.25, -0.2) is 17.6 Å². The van der Waals surface area contributed by atoms with Crippen molar-refractivity contribution < 1.29 is 30.8 Å². The Balaban J connectivity index is 1.67. The summed E-state index contributed by atoms with van der Waals surface area (Å²) >= 11 is 0. The minimum absolute atomic E-state index is 0.0231. The van der Waals surface area contributed by atoms with Crippen LogP contribution in [0, 0.1) is 12.8 Å². The smallest absolute Gasteiger partial charge is 0.325 e. The highest BCUT2D eigenvalue weighted by molar-refractivity contribution is 7.92. The molecule has 2 amide bonds. The molecule has 0 spiro atoms. The summed E-state index contributed by atoms with van der Waals surface area (Å²) in [7, 11) is -4.78. The number of anilines is 1. The third kappa shape index (κ3) is 4.65. The minimum atomic E-state index is -4.86. The van der Waals surface area contributed by atoms with E-state index in [0.29, 0.717) is 11.4 Å². The first-order valence-corrected chi connectivity index (χ1v) is 10.9. The minimum Gasteiger partial charge on any atom is -0.325 e. The fourth-order valence-electron chi connectivity index (χ4n) is 3.45. The zero-order chi connectivity index (χ0) is 23.0. The van der Waals surface area contributed by atoms with Crippen molar-refractivity contribution in [2.75, 3.05) is 18.4 Å². The maximum absolute atomic E-state index is 15.4. The van der Waals surface area contributed by atoms with E-state index >= 15 is 4.39 Å². The standard InChI is InChI=1S/C18H21F4N5O3S/c1-11-9-13(3-6-23-11)24-16(28)27-7-4-12(5-8-27)17(2,19)31(29,30)15-10-14(25-26-15)18(20,21)22/h3,6,9-10,12H,4-5,7-8H2,1-2H3,(H,25,26)(H,23,24,28)/t17-/m1/s1. The molecule has 1 atom stereocenters. The molecular weight excluding hydrogens is 442 g/mol. The van der Waals surface area contributed by atoms with E-state index in [1.54, 1.807) is 24.2 Å². The first-order chi connectivity index (χ1) is 14.3. The van der Waals surface area contributed by atoms with Gasteiger partial charge in [-0.15, -0.1) is 0 Å². The first-order valence-electron chi connectivity index (χ1n) is 9.37. The lowest BCUT2D eigenvalue weighted by molar-refractivity contribution is -0.141. The molecule has 3 heterocycles. The van der Waals surface area contributed by atoms with Crippen LogP contribution in [0.4, 0.5) is 28.0 Å². The van der Waals surface area contributed by atoms with Crippen LogP contribution in [0.2, 0.25) is 0 Å². The van der Waals surface area contributed by atoms with Gasteiger partial charge in [0.15, 0.2) is 10.7 Å². The molecule has 2 N–H and O–H groups in total. The fourth-order valence-corrected chi connectivity index (χ4v) is 4.98. The van der Waals surface area contributed by atoms with Gasteiger partial charge >= 0.3 is 12.2 Å². The van der Waals surface area contributed by atoms with Gasteiger partial charge in [-0.2, -0.15) is 18.3 Å². The predicted molar refractivity (Wildman–Crippen MR) is 103 cm³/mol. The molecule has 3 rings (SSSR count). The number of sulfone groups is 1. The maximum Gasteiger partial charge on any atom is 0.435 e. The van der Waals surface area contributed by atoms with Crippen LogP contribution in [-0.2, 0) is 16.0 Å². The Kier molecular flexibility index (Phi) is 6.00. The summed E-state index contributed by atoms with van der Waals surface area (Å²) in [6.07, 6.45) is -3.27. The van der Waals surface area contributed by atoms with Gasteiger partial charge in [-0.3, -0.25) is 10.1 Å². The van der Waals surface area contributed by atoms with E-state index in [4.69, 9.17) is 0 Å². The van der Waals surface area contributed by atoms with E-state index in [0.717, 1.165) is 6.92 Å². The molecule has 170 valence electrons. The third-order valence-electron chi connectivity index (χ3n) is 5.32. The zero-order valence-corrected chi connectivity index (χ0v) is 17.5. The molecule has 0 unspecified atom stereocenters. The normalized spacial score (nSPS) is 17.9. The van der Waals surface area contributed by atoms with E-state index in [1.165, 1.54) is 11.1 Å². The van der Waals surface area contributed by atoms with Crippen LogP contribution in [0.3, 0.4) is 0 Å². The molecule has 0 aromatic carbocycles. The average Bonchev–Trinajstić information content (AvgIpc) is 3.19. The van der Waals surface area contributed by atoms with Crippen molar-refractivity contribution in [3.05, 3.63) is 35.8 Å². The van der Waals surface area contributed by atoms with Crippen molar-refractivity contribution >= 4 is 21.6 Å². The summed E-state index contributed by atoms with van der Waals surface area (Å²) in [5, 5.41) is 3.63. The number of aryl methyl sites for hydroxylation is 1. The number of hydrogen-bond acceptors (Lipinski definition) is 5. The Morgan fingerprint density at radius 3 is 2.42 bits per heavy atom. The monoisotopic (exact) mass is 463 g/mol. The van der Waals surface area contributed by atoms with Crippen molar-refractivity contribution in [1.29, 1.82) is 0 Å². The number of likely N-dealkylation sites (tertiary alicyclic amines) is 1. The molecule has 1 aliphatic heterocycles. The zero-order valence-electron chi connectivity index (χ0n) is 16.7. The number of hydrogen-bond donors (Lipinski definition) is 2. The highest BCUT2D eigenvalue weighted by atomic mass is 32.2. The maximum atomic E-state index is 15.4. The summed E-state index contributed by atoms with van der Waals surface area (Å²) in [6, 6.07) is 3.15. The Bertz CT molecular complexity index is 1060. The number of carbonyl (C=O) groups excluding carboxylic acids is 1. The van der Waals surface area contributed by atoms with E-state index in [-0.39, 0.29) is 32.0 Å². The van der Waals surface area contributed by atoms with Crippen LogP contribution in [0.5, 0.6) is 0 Å². The number of aromatic amines is 1. The molecule has 13 heteroatoms. The fraction of sp³-hybridized carbons (Fsp3) is 0.500. The van der Waals surface area contributed by atoms with Crippen LogP contribution in [0.25, 0.3) is 0 Å². The van der Waals surface area contributed by atoms with Crippen molar-refractivity contribution in [3.8, 4) is 0 Å². The van der Waals surface area contributed by atoms with Gasteiger partial charge in [0.25, 0.3) is 0 Å². The second-order valence-corrected chi connectivity index (χ2v) is 9.73. The molecule has 0 aliphatic carbocycles. The molecular formula is C18H21F4N5O3S. The number of piperidine rings is 1. The van der Waals surface area contributed by atoms with E-state index < -0.39 is 43.7 Å². The van der Waals surface area contributed by atoms with Gasteiger partial charge in [-0.05, 0) is 38.8 Å². The Labute approximate surface area is 176 Å². The number of nitrogens with zero attached hydrogens (tertiary/aromatic N) is 3. The van der Waals surface area contributed by atoms with Crippen LogP contribution >= 0.6 is 0 Å². The third-order valence-corrected chi connectivity index (χ3v) is 7.49. The van der Waals surface area contributed by atoms with Gasteiger partial charge in [0.1, 0.15) is 0 Å². The summed E-state index contributed by atoms with van der Waals surface area (Å²) in [6.45, 7) is 2.77. The van der Waals surface area contributed by atoms with E-state index in [2.05, 4.69) is 15.4 Å². The summed E-state index contributed by atoms with van der Waals surface area (Å²) in [5.41, 5.74) is -0.195. The van der Waals surface area contributed by atoms with Crippen molar-refractivity contribution in [1.82, 2.24) is 20.1 Å². The molecule has 1 fully saturated rings. The molecule has 31 heavy (non-hydrogen) atoms. The van der Waals surface area contributed by atoms with E-state index in [9.17, 15) is 26.4 Å². The summed E-state index contributed by atoms with van der Waals surface area (Å²) < 4.78 is 78.9. The lowest BCUT2D eigenvalue weighted by Gasteiger charge is -2.37. The first kappa shape index (κ1) is 23.0. The molecule has 1 aliphatic rings. The number of alkyl halides is 4. The highest BCUT2D eigenvalue weighted by Gasteiger charge is 2.50. The lowest BCUT2D eigenvalue weighted by atomic mass is 9.92. The van der Waals surface area contributed by atoms with Crippen LogP contribution < -0.4 is 5.32 Å². The second kappa shape index (κ2) is 8.09. The Hall–Kier alpha value is -2.70. The molecule has 0 saturated carbocycles. The molecule has 1 saturated heterocycles. The number of urea groups is 1. The largest absolute Gasteiger partial charge is 0.435 e. The number of H-pyrrole nitrogens is 1. The van der Waals surface area contributed by atoms with Gasteiger partial charge in [0, 0.05) is 42.7 Å². The Morgan fingerprint density at radius 1 is 1.23 bits per heavy atom.